The summed E-state index contributed by atoms with van der Waals surface area (Å²) in [6, 6.07) is 21.5. The molecule has 0 spiro atoms. The van der Waals surface area contributed by atoms with Crippen LogP contribution in [0.5, 0.6) is 5.75 Å². The number of ether oxygens (including phenoxy) is 1. The van der Waals surface area contributed by atoms with Crippen molar-refractivity contribution >= 4 is 23.4 Å². The van der Waals surface area contributed by atoms with Gasteiger partial charge in [0.1, 0.15) is 12.4 Å². The molecule has 0 aliphatic carbocycles. The van der Waals surface area contributed by atoms with Gasteiger partial charge < -0.3 is 4.74 Å². The highest BCUT2D eigenvalue weighted by molar-refractivity contribution is 5.84. The van der Waals surface area contributed by atoms with Crippen molar-refractivity contribution in [2.75, 3.05) is 6.61 Å². The number of rotatable bonds is 5. The van der Waals surface area contributed by atoms with Crippen LogP contribution in [0.15, 0.2) is 84.2 Å². The minimum Gasteiger partial charge on any atom is -0.490 e. The quantitative estimate of drug-likeness (QED) is 0.550. The standard InChI is InChI=1S/C24H20N2O2/c1-3-13-28-22-10-6-7-18(14-22)15-23-17(2)25-26(24(23)27)21-12-11-19-8-4-5-9-20(19)16-21/h3-12,14-16,25H,1-2,13H2/b23-15-. The van der Waals surface area contributed by atoms with Gasteiger partial charge in [-0.25, -0.2) is 4.68 Å². The van der Waals surface area contributed by atoms with E-state index in [9.17, 15) is 4.79 Å². The first-order valence-electron chi connectivity index (χ1n) is 9.00. The Balaban J connectivity index is 1.79. The number of hydrogen-bond acceptors (Lipinski definition) is 2. The van der Waals surface area contributed by atoms with E-state index in [1.165, 1.54) is 4.68 Å². The summed E-state index contributed by atoms with van der Waals surface area (Å²) in [5, 5.41) is 6.37. The van der Waals surface area contributed by atoms with Gasteiger partial charge in [-0.1, -0.05) is 61.7 Å². The summed E-state index contributed by atoms with van der Waals surface area (Å²) in [5.74, 6) is 0.727. The van der Waals surface area contributed by atoms with E-state index in [1.807, 2.05) is 72.8 Å². The summed E-state index contributed by atoms with van der Waals surface area (Å²) >= 11 is 0. The fraction of sp³-hybridized carbons (Fsp3) is 0.0417. The Morgan fingerprint density at radius 2 is 1.82 bits per heavy atom. The second-order valence-electron chi connectivity index (χ2n) is 6.49. The first-order chi connectivity index (χ1) is 13.7. The molecule has 3 aromatic carbocycles. The van der Waals surface area contributed by atoms with Crippen molar-refractivity contribution < 1.29 is 4.74 Å². The van der Waals surface area contributed by atoms with Crippen LogP contribution in [0, 0.1) is 0 Å². The van der Waals surface area contributed by atoms with Gasteiger partial charge in [0.25, 0.3) is 5.56 Å². The number of hydrogen-bond donors (Lipinski definition) is 1. The zero-order valence-electron chi connectivity index (χ0n) is 15.4. The number of benzene rings is 3. The van der Waals surface area contributed by atoms with Gasteiger partial charge in [-0.05, 0) is 46.7 Å². The highest BCUT2D eigenvalue weighted by atomic mass is 16.5. The summed E-state index contributed by atoms with van der Waals surface area (Å²) in [6.45, 7) is 8.09. The highest BCUT2D eigenvalue weighted by Crippen LogP contribution is 2.17. The lowest BCUT2D eigenvalue weighted by Crippen LogP contribution is -2.33. The van der Waals surface area contributed by atoms with Gasteiger partial charge in [0, 0.05) is 0 Å². The lowest BCUT2D eigenvalue weighted by Gasteiger charge is -2.03. The predicted molar refractivity (Wildman–Crippen MR) is 114 cm³/mol. The van der Waals surface area contributed by atoms with Gasteiger partial charge in [0.15, 0.2) is 0 Å². The minimum absolute atomic E-state index is 0.141. The van der Waals surface area contributed by atoms with Crippen LogP contribution in [0.3, 0.4) is 0 Å². The number of nitrogens with zero attached hydrogens (tertiary/aromatic N) is 1. The maximum atomic E-state index is 13.0. The molecule has 0 bridgehead atoms. The molecule has 138 valence electrons. The Kier molecular flexibility index (Phi) is 4.68. The monoisotopic (exact) mass is 368 g/mol. The van der Waals surface area contributed by atoms with E-state index in [0.29, 0.717) is 17.2 Å². The summed E-state index contributed by atoms with van der Waals surface area (Å²) < 4.78 is 7.09. The van der Waals surface area contributed by atoms with Crippen molar-refractivity contribution in [1.29, 1.82) is 0 Å². The topological polar surface area (TPSA) is 47.0 Å². The van der Waals surface area contributed by atoms with E-state index >= 15 is 0 Å². The summed E-state index contributed by atoms with van der Waals surface area (Å²) in [6.07, 6.45) is 3.51. The first kappa shape index (κ1) is 17.6. The lowest BCUT2D eigenvalue weighted by atomic mass is 10.1. The SMILES string of the molecule is C=CCOc1cccc(/C=c2/c(=C)[nH]n(-c3ccc4ccccc4c3)c2=O)c1. The van der Waals surface area contributed by atoms with Crippen LogP contribution in [0.1, 0.15) is 5.56 Å². The van der Waals surface area contributed by atoms with Gasteiger partial charge in [-0.2, -0.15) is 0 Å². The molecule has 0 amide bonds. The third-order valence-corrected chi connectivity index (χ3v) is 4.53. The molecule has 0 fully saturated rings. The van der Waals surface area contributed by atoms with Crippen molar-refractivity contribution in [2.24, 2.45) is 0 Å². The highest BCUT2D eigenvalue weighted by Gasteiger charge is 2.06. The van der Waals surface area contributed by atoms with Crippen LogP contribution in [-0.4, -0.2) is 16.4 Å². The molecule has 0 saturated heterocycles. The third kappa shape index (κ3) is 3.40. The maximum absolute atomic E-state index is 13.0. The molecule has 1 N–H and O–H groups in total. The lowest BCUT2D eigenvalue weighted by molar-refractivity contribution is 0.363. The van der Waals surface area contributed by atoms with E-state index in [4.69, 9.17) is 4.74 Å². The summed E-state index contributed by atoms with van der Waals surface area (Å²) in [7, 11) is 0. The van der Waals surface area contributed by atoms with Gasteiger partial charge in [0.05, 0.1) is 16.3 Å². The van der Waals surface area contributed by atoms with E-state index in [0.717, 1.165) is 27.8 Å². The molecule has 0 saturated carbocycles. The third-order valence-electron chi connectivity index (χ3n) is 4.53. The second-order valence-corrected chi connectivity index (χ2v) is 6.49. The largest absolute Gasteiger partial charge is 0.490 e. The minimum atomic E-state index is -0.141. The van der Waals surface area contributed by atoms with E-state index in [1.54, 1.807) is 6.08 Å². The fourth-order valence-corrected chi connectivity index (χ4v) is 3.16. The number of aromatic nitrogens is 2. The van der Waals surface area contributed by atoms with Crippen molar-refractivity contribution in [2.45, 2.75) is 0 Å². The molecule has 0 aliphatic rings. The molecular weight excluding hydrogens is 348 g/mol. The number of aromatic amines is 1. The average molecular weight is 368 g/mol. The second kappa shape index (κ2) is 7.45. The molecule has 4 heteroatoms. The smallest absolute Gasteiger partial charge is 0.279 e. The predicted octanol–water partition coefficient (Wildman–Crippen LogP) is 3.12. The average Bonchev–Trinajstić information content (AvgIpc) is 3.00. The summed E-state index contributed by atoms with van der Waals surface area (Å²) in [4.78, 5) is 13.0. The Morgan fingerprint density at radius 3 is 2.64 bits per heavy atom. The molecule has 4 rings (SSSR count). The van der Waals surface area contributed by atoms with Crippen LogP contribution in [0.4, 0.5) is 0 Å². The fourth-order valence-electron chi connectivity index (χ4n) is 3.16. The van der Waals surface area contributed by atoms with Crippen molar-refractivity contribution in [3.05, 3.63) is 106 Å². The Bertz CT molecular complexity index is 1330. The summed E-state index contributed by atoms with van der Waals surface area (Å²) in [5.41, 5.74) is 1.50. The molecular formula is C24H20N2O2. The zero-order valence-corrected chi connectivity index (χ0v) is 15.4. The number of H-pyrrole nitrogens is 1. The van der Waals surface area contributed by atoms with Gasteiger partial charge in [0.2, 0.25) is 0 Å². The van der Waals surface area contributed by atoms with E-state index in [2.05, 4.69) is 18.3 Å². The molecule has 0 atom stereocenters. The van der Waals surface area contributed by atoms with E-state index in [-0.39, 0.29) is 5.56 Å². The number of fused-ring (bicyclic) bond motifs is 1. The molecule has 0 aliphatic heterocycles. The molecule has 1 aromatic heterocycles. The van der Waals surface area contributed by atoms with Crippen LogP contribution in [0.25, 0.3) is 29.1 Å². The normalized spacial score (nSPS) is 11.6. The van der Waals surface area contributed by atoms with Crippen LogP contribution < -0.4 is 20.9 Å². The molecule has 28 heavy (non-hydrogen) atoms. The van der Waals surface area contributed by atoms with Crippen molar-refractivity contribution in [3.8, 4) is 11.4 Å². The number of nitrogens with one attached hydrogen (secondary N) is 1. The Labute approximate surface area is 162 Å². The molecule has 0 unspecified atom stereocenters. The van der Waals surface area contributed by atoms with Crippen LogP contribution in [-0.2, 0) is 0 Å². The van der Waals surface area contributed by atoms with Crippen LogP contribution >= 0.6 is 0 Å². The maximum Gasteiger partial charge on any atom is 0.279 e. The molecule has 1 heterocycles. The Hall–Kier alpha value is -3.79. The first-order valence-corrected chi connectivity index (χ1v) is 9.00. The zero-order chi connectivity index (χ0) is 19.5. The van der Waals surface area contributed by atoms with Gasteiger partial charge >= 0.3 is 0 Å². The van der Waals surface area contributed by atoms with Gasteiger partial charge in [-0.3, -0.25) is 9.89 Å². The van der Waals surface area contributed by atoms with Crippen molar-refractivity contribution in [3.63, 3.8) is 0 Å². The molecule has 4 aromatic rings. The molecule has 0 radical (unpaired) electrons. The molecule has 4 nitrogen and oxygen atoms in total. The Morgan fingerprint density at radius 1 is 1.00 bits per heavy atom. The van der Waals surface area contributed by atoms with Crippen molar-refractivity contribution in [1.82, 2.24) is 9.78 Å². The van der Waals surface area contributed by atoms with E-state index < -0.39 is 0 Å². The van der Waals surface area contributed by atoms with Gasteiger partial charge in [-0.15, -0.1) is 0 Å². The van der Waals surface area contributed by atoms with Crippen LogP contribution in [0.2, 0.25) is 0 Å².